The van der Waals surface area contributed by atoms with Crippen LogP contribution in [-0.2, 0) is 7.05 Å². The van der Waals surface area contributed by atoms with Crippen LogP contribution in [0.4, 0.5) is 5.95 Å². The molecule has 0 radical (unpaired) electrons. The Bertz CT molecular complexity index is 633. The second-order valence-corrected chi connectivity index (χ2v) is 4.11. The quantitative estimate of drug-likeness (QED) is 0.614. The van der Waals surface area contributed by atoms with E-state index in [1.54, 1.807) is 14.1 Å². The van der Waals surface area contributed by atoms with Crippen LogP contribution in [0.15, 0.2) is 29.1 Å². The summed E-state index contributed by atoms with van der Waals surface area (Å²) in [6.45, 7) is 1.97. The van der Waals surface area contributed by atoms with Crippen molar-refractivity contribution in [2.24, 2.45) is 12.9 Å². The van der Waals surface area contributed by atoms with Crippen molar-refractivity contribution in [1.82, 2.24) is 14.5 Å². The minimum absolute atomic E-state index is 0.205. The summed E-state index contributed by atoms with van der Waals surface area (Å²) in [6.07, 6.45) is 0. The van der Waals surface area contributed by atoms with Crippen molar-refractivity contribution in [2.45, 2.75) is 6.92 Å². The predicted molar refractivity (Wildman–Crippen MR) is 70.0 cm³/mol. The van der Waals surface area contributed by atoms with Gasteiger partial charge in [-0.05, 0) is 12.5 Å². The van der Waals surface area contributed by atoms with Gasteiger partial charge in [0.15, 0.2) is 0 Å². The van der Waals surface area contributed by atoms with Crippen molar-refractivity contribution in [3.63, 3.8) is 0 Å². The van der Waals surface area contributed by atoms with Gasteiger partial charge in [0, 0.05) is 19.7 Å². The van der Waals surface area contributed by atoms with Crippen LogP contribution < -0.4 is 16.5 Å². The van der Waals surface area contributed by atoms with E-state index in [0.717, 1.165) is 11.1 Å². The van der Waals surface area contributed by atoms with E-state index in [0.29, 0.717) is 5.82 Å². The molecule has 0 bridgehead atoms. The Kier molecular flexibility index (Phi) is 3.12. The lowest BCUT2D eigenvalue weighted by Crippen LogP contribution is -2.33. The number of hydrogen-bond acceptors (Lipinski definition) is 5. The van der Waals surface area contributed by atoms with Gasteiger partial charge in [0.1, 0.15) is 5.82 Å². The molecule has 0 aliphatic rings. The zero-order valence-corrected chi connectivity index (χ0v) is 10.6. The van der Waals surface area contributed by atoms with Gasteiger partial charge in [0.25, 0.3) is 0 Å². The lowest BCUT2D eigenvalue weighted by molar-refractivity contribution is 0.764. The van der Waals surface area contributed by atoms with Crippen molar-refractivity contribution in [3.8, 4) is 11.4 Å². The molecule has 1 aromatic heterocycles. The zero-order valence-electron chi connectivity index (χ0n) is 10.6. The molecule has 0 atom stereocenters. The Morgan fingerprint density at radius 2 is 1.94 bits per heavy atom. The smallest absolute Gasteiger partial charge is 0.282 e. The van der Waals surface area contributed by atoms with E-state index in [1.807, 2.05) is 31.2 Å². The molecule has 6 nitrogen and oxygen atoms in total. The summed E-state index contributed by atoms with van der Waals surface area (Å²) < 4.78 is 1.41. The summed E-state index contributed by atoms with van der Waals surface area (Å²) in [6, 6.07) is 7.72. The number of nitrogens with two attached hydrogens (primary N) is 1. The maximum absolute atomic E-state index is 11.8. The van der Waals surface area contributed by atoms with E-state index in [2.05, 4.69) is 9.97 Å². The van der Waals surface area contributed by atoms with Crippen molar-refractivity contribution < 1.29 is 0 Å². The van der Waals surface area contributed by atoms with Crippen molar-refractivity contribution in [1.29, 1.82) is 0 Å². The van der Waals surface area contributed by atoms with Crippen LogP contribution in [0.1, 0.15) is 5.56 Å². The summed E-state index contributed by atoms with van der Waals surface area (Å²) in [5.41, 5.74) is 1.55. The second-order valence-electron chi connectivity index (χ2n) is 4.11. The molecule has 6 heteroatoms. The summed E-state index contributed by atoms with van der Waals surface area (Å²) in [4.78, 5) is 19.9. The highest BCUT2D eigenvalue weighted by Gasteiger charge is 2.12. The van der Waals surface area contributed by atoms with Crippen molar-refractivity contribution in [3.05, 3.63) is 40.3 Å². The summed E-state index contributed by atoms with van der Waals surface area (Å²) in [5.74, 6) is 6.34. The summed E-state index contributed by atoms with van der Waals surface area (Å²) in [7, 11) is 3.24. The Balaban J connectivity index is 2.71. The molecule has 1 aromatic carbocycles. The van der Waals surface area contributed by atoms with Gasteiger partial charge < -0.3 is 0 Å². The van der Waals surface area contributed by atoms with Crippen LogP contribution in [-0.4, -0.2) is 21.6 Å². The SMILES string of the molecule is Cc1ccccc1-c1nc(N(C)N)nc(=O)n1C. The normalized spacial score (nSPS) is 10.4. The van der Waals surface area contributed by atoms with Crippen LogP contribution in [0, 0.1) is 6.92 Å². The molecular weight excluding hydrogens is 230 g/mol. The predicted octanol–water partition coefficient (Wildman–Crippen LogP) is 0.461. The number of hydrazine groups is 1. The Hall–Kier alpha value is -2.21. The van der Waals surface area contributed by atoms with Gasteiger partial charge in [0.05, 0.1) is 0 Å². The maximum atomic E-state index is 11.8. The third-order valence-corrected chi connectivity index (χ3v) is 2.71. The molecule has 0 spiro atoms. The van der Waals surface area contributed by atoms with Gasteiger partial charge in [-0.25, -0.2) is 10.6 Å². The third-order valence-electron chi connectivity index (χ3n) is 2.71. The zero-order chi connectivity index (χ0) is 13.3. The van der Waals surface area contributed by atoms with Crippen LogP contribution in [0.25, 0.3) is 11.4 Å². The highest BCUT2D eigenvalue weighted by atomic mass is 16.1. The highest BCUT2D eigenvalue weighted by Crippen LogP contribution is 2.20. The molecular formula is C12H15N5O. The number of aryl methyl sites for hydroxylation is 1. The molecule has 2 rings (SSSR count). The van der Waals surface area contributed by atoms with E-state index in [9.17, 15) is 4.79 Å². The molecule has 0 aliphatic heterocycles. The molecule has 2 aromatic rings. The Morgan fingerprint density at radius 1 is 1.28 bits per heavy atom. The second kappa shape index (κ2) is 4.58. The molecule has 0 saturated carbocycles. The molecule has 0 amide bonds. The van der Waals surface area contributed by atoms with E-state index in [4.69, 9.17) is 5.84 Å². The van der Waals surface area contributed by atoms with E-state index >= 15 is 0 Å². The van der Waals surface area contributed by atoms with Gasteiger partial charge in [-0.2, -0.15) is 9.97 Å². The summed E-state index contributed by atoms with van der Waals surface area (Å²) >= 11 is 0. The number of rotatable bonds is 2. The Labute approximate surface area is 105 Å². The minimum Gasteiger partial charge on any atom is -0.282 e. The molecule has 2 N–H and O–H groups in total. The first kappa shape index (κ1) is 12.3. The van der Waals surface area contributed by atoms with Gasteiger partial charge in [-0.1, -0.05) is 24.3 Å². The maximum Gasteiger partial charge on any atom is 0.352 e. The number of aromatic nitrogens is 3. The van der Waals surface area contributed by atoms with Crippen molar-refractivity contribution >= 4 is 5.95 Å². The first-order valence-electron chi connectivity index (χ1n) is 5.50. The monoisotopic (exact) mass is 245 g/mol. The van der Waals surface area contributed by atoms with Crippen LogP contribution >= 0.6 is 0 Å². The van der Waals surface area contributed by atoms with Crippen molar-refractivity contribution in [2.75, 3.05) is 12.1 Å². The molecule has 0 unspecified atom stereocenters. The lowest BCUT2D eigenvalue weighted by atomic mass is 10.1. The van der Waals surface area contributed by atoms with Crippen LogP contribution in [0.3, 0.4) is 0 Å². The van der Waals surface area contributed by atoms with Gasteiger partial charge in [-0.3, -0.25) is 9.58 Å². The number of nitrogens with zero attached hydrogens (tertiary/aromatic N) is 4. The fourth-order valence-electron chi connectivity index (χ4n) is 1.67. The standard InChI is InChI=1S/C12H15N5O/c1-8-6-4-5-7-9(8)10-14-11(17(3)13)15-12(18)16(10)2/h4-7H,13H2,1-3H3. The van der Waals surface area contributed by atoms with Gasteiger partial charge in [0.2, 0.25) is 5.95 Å². The third kappa shape index (κ3) is 2.10. The molecule has 0 fully saturated rings. The number of anilines is 1. The number of benzene rings is 1. The molecule has 0 saturated heterocycles. The fraction of sp³-hybridized carbons (Fsp3) is 0.250. The largest absolute Gasteiger partial charge is 0.352 e. The first-order valence-corrected chi connectivity index (χ1v) is 5.50. The van der Waals surface area contributed by atoms with Gasteiger partial charge >= 0.3 is 5.69 Å². The summed E-state index contributed by atoms with van der Waals surface area (Å²) in [5, 5.41) is 1.23. The van der Waals surface area contributed by atoms with E-state index < -0.39 is 0 Å². The highest BCUT2D eigenvalue weighted by molar-refractivity contribution is 5.60. The topological polar surface area (TPSA) is 77.0 Å². The molecule has 0 aliphatic carbocycles. The average Bonchev–Trinajstić information content (AvgIpc) is 2.33. The van der Waals surface area contributed by atoms with E-state index in [-0.39, 0.29) is 11.6 Å². The Morgan fingerprint density at radius 3 is 2.56 bits per heavy atom. The molecule has 1 heterocycles. The first-order chi connectivity index (χ1) is 8.50. The minimum atomic E-state index is -0.379. The lowest BCUT2D eigenvalue weighted by Gasteiger charge is -2.14. The fourth-order valence-corrected chi connectivity index (χ4v) is 1.67. The number of hydrogen-bond donors (Lipinski definition) is 1. The van der Waals surface area contributed by atoms with Crippen LogP contribution in [0.2, 0.25) is 0 Å². The molecule has 18 heavy (non-hydrogen) atoms. The van der Waals surface area contributed by atoms with Crippen LogP contribution in [0.5, 0.6) is 0 Å². The van der Waals surface area contributed by atoms with E-state index in [1.165, 1.54) is 9.58 Å². The van der Waals surface area contributed by atoms with Gasteiger partial charge in [-0.15, -0.1) is 0 Å². The average molecular weight is 245 g/mol. The molecule has 94 valence electrons.